The van der Waals surface area contributed by atoms with Gasteiger partial charge in [0.25, 0.3) is 11.6 Å². The number of hydrogen-bond acceptors (Lipinski definition) is 7. The first-order chi connectivity index (χ1) is 15.6. The van der Waals surface area contributed by atoms with Crippen LogP contribution < -0.4 is 5.32 Å². The van der Waals surface area contributed by atoms with Gasteiger partial charge >= 0.3 is 5.97 Å². The second-order valence-electron chi connectivity index (χ2n) is 7.36. The molecule has 33 heavy (non-hydrogen) atoms. The van der Waals surface area contributed by atoms with Gasteiger partial charge in [-0.3, -0.25) is 19.7 Å². The smallest absolute Gasteiger partial charge is 0.341 e. The number of benzene rings is 1. The number of anilines is 1. The molecule has 0 saturated carbocycles. The Kier molecular flexibility index (Phi) is 8.86. The van der Waals surface area contributed by atoms with E-state index in [0.29, 0.717) is 29.1 Å². The Morgan fingerprint density at radius 3 is 2.30 bits per heavy atom. The maximum absolute atomic E-state index is 12.9. The molecule has 0 radical (unpaired) electrons. The van der Waals surface area contributed by atoms with Crippen LogP contribution in [-0.2, 0) is 9.53 Å². The third-order valence-corrected chi connectivity index (χ3v) is 5.90. The SMILES string of the molecule is CCN(CC)C(=O)c1sc(NC(=O)/C=C/c2ccc([N+](=O)[O-])cc2)c(C(=O)OC(C)C)c1C. The number of ether oxygens (including phenoxy) is 1. The molecule has 2 rings (SSSR count). The van der Waals surface area contributed by atoms with E-state index in [1.165, 1.54) is 36.4 Å². The lowest BCUT2D eigenvalue weighted by Crippen LogP contribution is -2.30. The van der Waals surface area contributed by atoms with Gasteiger partial charge in [0.1, 0.15) is 5.00 Å². The van der Waals surface area contributed by atoms with Crippen LogP contribution in [0, 0.1) is 17.0 Å². The molecule has 0 aliphatic carbocycles. The van der Waals surface area contributed by atoms with Gasteiger partial charge in [-0.2, -0.15) is 0 Å². The zero-order chi connectivity index (χ0) is 24.7. The van der Waals surface area contributed by atoms with Crippen LogP contribution in [0.25, 0.3) is 6.08 Å². The molecule has 0 saturated heterocycles. The number of nitrogens with one attached hydrogen (secondary N) is 1. The first-order valence-corrected chi connectivity index (χ1v) is 11.3. The predicted molar refractivity (Wildman–Crippen MR) is 128 cm³/mol. The van der Waals surface area contributed by atoms with E-state index in [2.05, 4.69) is 5.32 Å². The minimum Gasteiger partial charge on any atom is -0.459 e. The van der Waals surface area contributed by atoms with Crippen LogP contribution in [0.1, 0.15) is 58.9 Å². The van der Waals surface area contributed by atoms with Gasteiger partial charge in [-0.1, -0.05) is 0 Å². The molecule has 2 aromatic rings. The molecule has 0 spiro atoms. The van der Waals surface area contributed by atoms with E-state index in [4.69, 9.17) is 4.74 Å². The molecule has 0 unspecified atom stereocenters. The summed E-state index contributed by atoms with van der Waals surface area (Å²) >= 11 is 1.03. The fourth-order valence-corrected chi connectivity index (χ4v) is 4.18. The quantitative estimate of drug-likeness (QED) is 0.245. The van der Waals surface area contributed by atoms with E-state index in [9.17, 15) is 24.5 Å². The van der Waals surface area contributed by atoms with Crippen molar-refractivity contribution >= 4 is 45.9 Å². The molecule has 0 fully saturated rings. The lowest BCUT2D eigenvalue weighted by atomic mass is 10.1. The van der Waals surface area contributed by atoms with Gasteiger partial charge in [-0.05, 0) is 64.0 Å². The van der Waals surface area contributed by atoms with E-state index in [-0.39, 0.29) is 28.3 Å². The largest absolute Gasteiger partial charge is 0.459 e. The fourth-order valence-electron chi connectivity index (χ4n) is 3.01. The van der Waals surface area contributed by atoms with Crippen LogP contribution in [0.15, 0.2) is 30.3 Å². The Labute approximate surface area is 196 Å². The first-order valence-electron chi connectivity index (χ1n) is 10.5. The van der Waals surface area contributed by atoms with Crippen molar-refractivity contribution in [1.82, 2.24) is 4.90 Å². The maximum Gasteiger partial charge on any atom is 0.341 e. The van der Waals surface area contributed by atoms with Crippen LogP contribution in [0.4, 0.5) is 10.7 Å². The minimum atomic E-state index is -0.619. The second kappa shape index (κ2) is 11.4. The van der Waals surface area contributed by atoms with Gasteiger partial charge in [-0.25, -0.2) is 4.79 Å². The van der Waals surface area contributed by atoms with Crippen molar-refractivity contribution in [3.05, 3.63) is 62.0 Å². The van der Waals surface area contributed by atoms with Crippen LogP contribution in [0.3, 0.4) is 0 Å². The number of rotatable bonds is 9. The Bertz CT molecular complexity index is 1070. The van der Waals surface area contributed by atoms with Crippen LogP contribution in [-0.4, -0.2) is 46.8 Å². The number of amides is 2. The van der Waals surface area contributed by atoms with Crippen molar-refractivity contribution in [2.24, 2.45) is 0 Å². The van der Waals surface area contributed by atoms with Crippen molar-refractivity contribution in [3.8, 4) is 0 Å². The molecular formula is C23H27N3O6S. The summed E-state index contributed by atoms with van der Waals surface area (Å²) in [5.41, 5.74) is 1.15. The molecule has 2 amide bonds. The highest BCUT2D eigenvalue weighted by atomic mass is 32.1. The van der Waals surface area contributed by atoms with Crippen molar-refractivity contribution in [2.75, 3.05) is 18.4 Å². The van der Waals surface area contributed by atoms with Crippen LogP contribution in [0.5, 0.6) is 0 Å². The molecule has 0 aliphatic rings. The summed E-state index contributed by atoms with van der Waals surface area (Å²) in [5, 5.41) is 13.7. The molecule has 1 heterocycles. The zero-order valence-corrected chi connectivity index (χ0v) is 20.0. The monoisotopic (exact) mass is 473 g/mol. The molecule has 1 aromatic carbocycles. The molecule has 1 aromatic heterocycles. The highest BCUT2D eigenvalue weighted by Gasteiger charge is 2.28. The summed E-state index contributed by atoms with van der Waals surface area (Å²) in [6, 6.07) is 5.71. The van der Waals surface area contributed by atoms with Crippen molar-refractivity contribution in [3.63, 3.8) is 0 Å². The van der Waals surface area contributed by atoms with E-state index in [1.54, 1.807) is 25.7 Å². The van der Waals surface area contributed by atoms with E-state index < -0.39 is 16.8 Å². The summed E-state index contributed by atoms with van der Waals surface area (Å²) in [7, 11) is 0. The Balaban J connectivity index is 2.33. The first kappa shape index (κ1) is 25.7. The van der Waals surface area contributed by atoms with Crippen molar-refractivity contribution in [1.29, 1.82) is 0 Å². The number of hydrogen-bond donors (Lipinski definition) is 1. The highest BCUT2D eigenvalue weighted by Crippen LogP contribution is 2.35. The molecule has 176 valence electrons. The van der Waals surface area contributed by atoms with Gasteiger partial charge < -0.3 is 15.0 Å². The molecule has 1 N–H and O–H groups in total. The minimum absolute atomic E-state index is 0.0515. The number of non-ortho nitro benzene ring substituents is 1. The summed E-state index contributed by atoms with van der Waals surface area (Å²) in [6.45, 7) is 9.84. The lowest BCUT2D eigenvalue weighted by molar-refractivity contribution is -0.384. The van der Waals surface area contributed by atoms with E-state index in [1.807, 2.05) is 13.8 Å². The molecule has 0 bridgehead atoms. The van der Waals surface area contributed by atoms with Crippen LogP contribution in [0.2, 0.25) is 0 Å². The standard InChI is InChI=1S/C23H27N3O6S/c1-6-25(7-2)22(28)20-15(5)19(23(29)32-14(3)4)21(33-20)24-18(27)13-10-16-8-11-17(12-9-16)26(30)31/h8-14H,6-7H2,1-5H3,(H,24,27)/b13-10+. The topological polar surface area (TPSA) is 119 Å². The molecule has 0 atom stereocenters. The van der Waals surface area contributed by atoms with E-state index in [0.717, 1.165) is 11.3 Å². The average molecular weight is 474 g/mol. The van der Waals surface area contributed by atoms with Gasteiger partial charge in [0.05, 0.1) is 21.5 Å². The number of nitro benzene ring substituents is 1. The van der Waals surface area contributed by atoms with Crippen LogP contribution >= 0.6 is 11.3 Å². The Hall–Kier alpha value is -3.53. The van der Waals surface area contributed by atoms with Gasteiger partial charge in [0.2, 0.25) is 5.91 Å². The number of nitrogens with zero attached hydrogens (tertiary/aromatic N) is 2. The molecule has 10 heteroatoms. The summed E-state index contributed by atoms with van der Waals surface area (Å²) in [4.78, 5) is 50.4. The van der Waals surface area contributed by atoms with Gasteiger partial charge in [0, 0.05) is 31.3 Å². The number of carbonyl (C=O) groups excluding carboxylic acids is 3. The Morgan fingerprint density at radius 1 is 1.18 bits per heavy atom. The predicted octanol–water partition coefficient (Wildman–Crippen LogP) is 4.66. The fraction of sp³-hybridized carbons (Fsp3) is 0.348. The number of nitro groups is 1. The maximum atomic E-state index is 12.9. The third kappa shape index (κ3) is 6.48. The summed E-state index contributed by atoms with van der Waals surface area (Å²) in [6.07, 6.45) is 2.37. The normalized spacial score (nSPS) is 11.0. The van der Waals surface area contributed by atoms with Gasteiger partial charge in [-0.15, -0.1) is 11.3 Å². The highest BCUT2D eigenvalue weighted by molar-refractivity contribution is 7.18. The van der Waals surface area contributed by atoms with Gasteiger partial charge in [0.15, 0.2) is 0 Å². The average Bonchev–Trinajstić information content (AvgIpc) is 3.08. The lowest BCUT2D eigenvalue weighted by Gasteiger charge is -2.18. The van der Waals surface area contributed by atoms with E-state index >= 15 is 0 Å². The summed E-state index contributed by atoms with van der Waals surface area (Å²) < 4.78 is 5.32. The molecule has 0 aliphatic heterocycles. The molecule has 9 nitrogen and oxygen atoms in total. The van der Waals surface area contributed by atoms with Crippen molar-refractivity contribution < 1.29 is 24.0 Å². The number of thiophene rings is 1. The third-order valence-electron chi connectivity index (χ3n) is 4.71. The second-order valence-corrected chi connectivity index (χ2v) is 8.38. The Morgan fingerprint density at radius 2 is 1.79 bits per heavy atom. The number of carbonyl (C=O) groups is 3. The zero-order valence-electron chi connectivity index (χ0n) is 19.2. The van der Waals surface area contributed by atoms with Crippen molar-refractivity contribution in [2.45, 2.75) is 40.7 Å². The number of esters is 1. The molecular weight excluding hydrogens is 446 g/mol. The summed E-state index contributed by atoms with van der Waals surface area (Å²) in [5.74, 6) is -1.36.